The summed E-state index contributed by atoms with van der Waals surface area (Å²) in [5.41, 5.74) is 1.93. The van der Waals surface area contributed by atoms with E-state index >= 15 is 0 Å². The monoisotopic (exact) mass is 409 g/mol. The molecule has 0 spiro atoms. The molecule has 1 N–H and O–H groups in total. The number of fused-ring (bicyclic) bond motifs is 5. The number of ether oxygens (including phenoxy) is 1. The van der Waals surface area contributed by atoms with Gasteiger partial charge < -0.3 is 10.1 Å². The average molecular weight is 410 g/mol. The predicted octanol–water partition coefficient (Wildman–Crippen LogP) is 5.76. The Labute approximate surface area is 182 Å². The first-order valence-electron chi connectivity index (χ1n) is 12.2. The van der Waals surface area contributed by atoms with Crippen LogP contribution in [0.1, 0.15) is 71.8 Å². The molecule has 1 aliphatic heterocycles. The smallest absolute Gasteiger partial charge is 0.223 e. The van der Waals surface area contributed by atoms with E-state index in [1.807, 2.05) is 0 Å². The van der Waals surface area contributed by atoms with Crippen molar-refractivity contribution in [2.24, 2.45) is 40.4 Å². The maximum Gasteiger partial charge on any atom is 0.223 e. The van der Waals surface area contributed by atoms with Crippen LogP contribution in [0.2, 0.25) is 0 Å². The Morgan fingerprint density at radius 2 is 1.77 bits per heavy atom. The Kier molecular flexibility index (Phi) is 4.76. The summed E-state index contributed by atoms with van der Waals surface area (Å²) in [5.74, 6) is 4.35. The van der Waals surface area contributed by atoms with Crippen molar-refractivity contribution in [3.05, 3.63) is 29.8 Å². The minimum atomic E-state index is 0.148. The molecule has 1 saturated heterocycles. The fraction of sp³-hybridized carbons (Fsp3) is 0.741. The summed E-state index contributed by atoms with van der Waals surface area (Å²) < 4.78 is 6.51. The molecule has 164 valence electrons. The van der Waals surface area contributed by atoms with Gasteiger partial charge in [-0.3, -0.25) is 4.79 Å². The molecule has 4 aliphatic rings. The lowest BCUT2D eigenvalue weighted by molar-refractivity contribution is -0.148. The van der Waals surface area contributed by atoms with E-state index in [4.69, 9.17) is 4.74 Å². The molecule has 1 amide bonds. The van der Waals surface area contributed by atoms with Crippen molar-refractivity contribution in [2.75, 3.05) is 0 Å². The fourth-order valence-electron chi connectivity index (χ4n) is 8.29. The van der Waals surface area contributed by atoms with Crippen molar-refractivity contribution in [1.29, 1.82) is 0 Å². The number of rotatable bonds is 2. The van der Waals surface area contributed by atoms with Gasteiger partial charge in [0, 0.05) is 12.0 Å². The molecule has 3 unspecified atom stereocenters. The first-order valence-corrected chi connectivity index (χ1v) is 12.2. The van der Waals surface area contributed by atoms with E-state index in [9.17, 15) is 4.79 Å². The molecular formula is C27H39NO2. The molecule has 4 fully saturated rings. The molecule has 3 heteroatoms. The standard InChI is InChI=1S/C27H39NO2/c1-16-6-8-19(9-7-16)30-20-13-22-24-17(2)12-23-27(5,14-18(3)25(29)28-23)21(24)10-11-26(22,4)15-20/h6-9,17-18,20-24H,10-15H2,1-5H3,(H,28,29)/t17-,18+,20-,21?,22?,23+,24?,26+,27+/m0/s1. The van der Waals surface area contributed by atoms with Gasteiger partial charge in [-0.15, -0.1) is 0 Å². The van der Waals surface area contributed by atoms with Crippen LogP contribution in [0.5, 0.6) is 5.75 Å². The molecule has 0 radical (unpaired) electrons. The van der Waals surface area contributed by atoms with Crippen LogP contribution in [-0.2, 0) is 4.79 Å². The van der Waals surface area contributed by atoms with Crippen molar-refractivity contribution < 1.29 is 9.53 Å². The first-order chi connectivity index (χ1) is 14.2. The Morgan fingerprint density at radius 1 is 1.03 bits per heavy atom. The van der Waals surface area contributed by atoms with E-state index in [-0.39, 0.29) is 17.2 Å². The highest BCUT2D eigenvalue weighted by molar-refractivity contribution is 5.79. The molecule has 5 rings (SSSR count). The average Bonchev–Trinajstić information content (AvgIpc) is 3.02. The maximum absolute atomic E-state index is 12.4. The van der Waals surface area contributed by atoms with Crippen molar-refractivity contribution in [3.63, 3.8) is 0 Å². The molecule has 30 heavy (non-hydrogen) atoms. The van der Waals surface area contributed by atoms with Crippen LogP contribution < -0.4 is 10.1 Å². The maximum atomic E-state index is 12.4. The second-order valence-electron chi connectivity index (χ2n) is 11.9. The molecule has 3 aliphatic carbocycles. The third kappa shape index (κ3) is 3.10. The van der Waals surface area contributed by atoms with E-state index < -0.39 is 0 Å². The number of nitrogens with one attached hydrogen (secondary N) is 1. The molecule has 3 saturated carbocycles. The second kappa shape index (κ2) is 7.00. The molecular weight excluding hydrogens is 370 g/mol. The number of amides is 1. The minimum Gasteiger partial charge on any atom is -0.490 e. The summed E-state index contributed by atoms with van der Waals surface area (Å²) >= 11 is 0. The fourth-order valence-corrected chi connectivity index (χ4v) is 8.29. The third-order valence-electron chi connectivity index (χ3n) is 9.80. The normalized spacial score (nSPS) is 47.6. The van der Waals surface area contributed by atoms with Gasteiger partial charge in [-0.2, -0.15) is 0 Å². The number of carbonyl (C=O) groups excluding carboxylic acids is 1. The highest BCUT2D eigenvalue weighted by Gasteiger charge is 2.62. The van der Waals surface area contributed by atoms with E-state index in [0.717, 1.165) is 36.3 Å². The largest absolute Gasteiger partial charge is 0.490 e. The summed E-state index contributed by atoms with van der Waals surface area (Å²) in [4.78, 5) is 12.4. The van der Waals surface area contributed by atoms with Crippen molar-refractivity contribution in [2.45, 2.75) is 85.3 Å². The Bertz CT molecular complexity index is 819. The predicted molar refractivity (Wildman–Crippen MR) is 120 cm³/mol. The number of carbonyl (C=O) groups is 1. The van der Waals surface area contributed by atoms with Gasteiger partial charge in [0.1, 0.15) is 5.75 Å². The number of benzene rings is 1. The summed E-state index contributed by atoms with van der Waals surface area (Å²) in [7, 11) is 0. The van der Waals surface area contributed by atoms with Gasteiger partial charge in [-0.25, -0.2) is 0 Å². The lowest BCUT2D eigenvalue weighted by Gasteiger charge is -2.62. The van der Waals surface area contributed by atoms with Crippen molar-refractivity contribution in [1.82, 2.24) is 5.32 Å². The number of hydrogen-bond donors (Lipinski definition) is 1. The summed E-state index contributed by atoms with van der Waals surface area (Å²) in [6.45, 7) is 11.7. The van der Waals surface area contributed by atoms with Gasteiger partial charge in [0.05, 0.1) is 6.10 Å². The quantitative estimate of drug-likeness (QED) is 0.675. The van der Waals surface area contributed by atoms with Crippen LogP contribution >= 0.6 is 0 Å². The van der Waals surface area contributed by atoms with Crippen molar-refractivity contribution >= 4 is 5.91 Å². The molecule has 1 heterocycles. The molecule has 1 aromatic carbocycles. The lowest BCUT2D eigenvalue weighted by atomic mass is 9.45. The van der Waals surface area contributed by atoms with Gasteiger partial charge in [-0.05, 0) is 92.1 Å². The summed E-state index contributed by atoms with van der Waals surface area (Å²) in [6.07, 6.45) is 7.55. The van der Waals surface area contributed by atoms with E-state index in [1.165, 1.54) is 31.2 Å². The zero-order valence-electron chi connectivity index (χ0n) is 19.4. The SMILES string of the molecule is Cc1ccc(O[C@H]2CC3C4C(CC[C@]3(C)C2)[C@@]2(C)C[C@@H](C)C(=O)N[C@@H]2C[C@@H]4C)cc1. The minimum absolute atomic E-state index is 0.148. The highest BCUT2D eigenvalue weighted by atomic mass is 16.5. The third-order valence-corrected chi connectivity index (χ3v) is 9.80. The van der Waals surface area contributed by atoms with E-state index in [2.05, 4.69) is 64.2 Å². The van der Waals surface area contributed by atoms with Crippen LogP contribution in [0.15, 0.2) is 24.3 Å². The zero-order chi connectivity index (χ0) is 21.3. The van der Waals surface area contributed by atoms with Gasteiger partial charge in [-0.1, -0.05) is 45.4 Å². The van der Waals surface area contributed by atoms with Crippen LogP contribution in [0.3, 0.4) is 0 Å². The van der Waals surface area contributed by atoms with Gasteiger partial charge in [0.15, 0.2) is 0 Å². The van der Waals surface area contributed by atoms with Gasteiger partial charge >= 0.3 is 0 Å². The zero-order valence-corrected chi connectivity index (χ0v) is 19.4. The van der Waals surface area contributed by atoms with E-state index in [0.29, 0.717) is 23.5 Å². The van der Waals surface area contributed by atoms with Crippen LogP contribution in [0, 0.1) is 47.3 Å². The first kappa shape index (κ1) is 20.4. The van der Waals surface area contributed by atoms with Crippen LogP contribution in [0.4, 0.5) is 0 Å². The number of piperidine rings is 1. The van der Waals surface area contributed by atoms with Gasteiger partial charge in [0.2, 0.25) is 5.91 Å². The molecule has 1 aromatic rings. The number of hydrogen-bond acceptors (Lipinski definition) is 2. The second-order valence-corrected chi connectivity index (χ2v) is 11.9. The van der Waals surface area contributed by atoms with Gasteiger partial charge in [0.25, 0.3) is 0 Å². The molecule has 0 bridgehead atoms. The Morgan fingerprint density at radius 3 is 2.50 bits per heavy atom. The Balaban J connectivity index is 1.39. The summed E-state index contributed by atoms with van der Waals surface area (Å²) in [6, 6.07) is 8.92. The van der Waals surface area contributed by atoms with Crippen LogP contribution in [0.25, 0.3) is 0 Å². The Hall–Kier alpha value is -1.51. The molecule has 3 nitrogen and oxygen atoms in total. The summed E-state index contributed by atoms with van der Waals surface area (Å²) in [5, 5.41) is 3.42. The highest BCUT2D eigenvalue weighted by Crippen LogP contribution is 2.65. The van der Waals surface area contributed by atoms with Crippen molar-refractivity contribution in [3.8, 4) is 5.75 Å². The molecule has 0 aromatic heterocycles. The lowest BCUT2D eigenvalue weighted by Crippen LogP contribution is -2.64. The molecule has 9 atom stereocenters. The van der Waals surface area contributed by atoms with E-state index in [1.54, 1.807) is 0 Å². The number of aryl methyl sites for hydroxylation is 1. The topological polar surface area (TPSA) is 38.3 Å². The van der Waals surface area contributed by atoms with Crippen LogP contribution in [-0.4, -0.2) is 18.1 Å².